The lowest BCUT2D eigenvalue weighted by molar-refractivity contribution is -0.384. The number of non-ortho nitro benzene ring substituents is 1. The summed E-state index contributed by atoms with van der Waals surface area (Å²) in [7, 11) is 0. The Kier molecular flexibility index (Phi) is 5.56. The van der Waals surface area contributed by atoms with Gasteiger partial charge in [-0.3, -0.25) is 14.9 Å². The SMILES string of the molecule is O=C(c1ccc([N+](=O)[O-])cc1)[C@H](Br)[C@H](Cl)c1ccc(Cl)cc1. The van der Waals surface area contributed by atoms with Gasteiger partial charge in [0.2, 0.25) is 0 Å². The second-order valence-corrected chi connectivity index (χ2v) is 6.42. The molecule has 0 aromatic heterocycles. The van der Waals surface area contributed by atoms with E-state index in [0.717, 1.165) is 5.56 Å². The van der Waals surface area contributed by atoms with E-state index in [-0.39, 0.29) is 11.5 Å². The molecule has 0 aliphatic heterocycles. The first-order valence-electron chi connectivity index (χ1n) is 6.22. The lowest BCUT2D eigenvalue weighted by Gasteiger charge is -2.16. The van der Waals surface area contributed by atoms with E-state index in [1.165, 1.54) is 24.3 Å². The van der Waals surface area contributed by atoms with Crippen LogP contribution in [-0.4, -0.2) is 15.5 Å². The van der Waals surface area contributed by atoms with Crippen LogP contribution < -0.4 is 0 Å². The Morgan fingerprint density at radius 3 is 2.14 bits per heavy atom. The second-order valence-electron chi connectivity index (χ2n) is 4.52. The zero-order chi connectivity index (χ0) is 16.3. The summed E-state index contributed by atoms with van der Waals surface area (Å²) in [6.07, 6.45) is 0. The van der Waals surface area contributed by atoms with Crippen LogP contribution >= 0.6 is 39.1 Å². The van der Waals surface area contributed by atoms with Gasteiger partial charge < -0.3 is 0 Å². The van der Waals surface area contributed by atoms with Crippen LogP contribution in [-0.2, 0) is 0 Å². The number of hydrogen-bond donors (Lipinski definition) is 0. The van der Waals surface area contributed by atoms with Gasteiger partial charge in [-0.25, -0.2) is 0 Å². The van der Waals surface area contributed by atoms with Crippen molar-refractivity contribution in [3.05, 3.63) is 74.8 Å². The number of halogens is 3. The average molecular weight is 403 g/mol. The number of carbonyl (C=O) groups excluding carboxylic acids is 1. The molecule has 0 saturated heterocycles. The number of hydrogen-bond acceptors (Lipinski definition) is 3. The second kappa shape index (κ2) is 7.22. The van der Waals surface area contributed by atoms with Crippen LogP contribution in [0, 0.1) is 10.1 Å². The third kappa shape index (κ3) is 3.85. The maximum atomic E-state index is 12.4. The zero-order valence-corrected chi connectivity index (χ0v) is 14.2. The van der Waals surface area contributed by atoms with Crippen molar-refractivity contribution in [3.8, 4) is 0 Å². The fourth-order valence-corrected chi connectivity index (χ4v) is 2.81. The van der Waals surface area contributed by atoms with Gasteiger partial charge in [-0.1, -0.05) is 39.7 Å². The number of benzene rings is 2. The first-order chi connectivity index (χ1) is 10.4. The Morgan fingerprint density at radius 1 is 1.09 bits per heavy atom. The summed E-state index contributed by atoms with van der Waals surface area (Å²) in [5, 5.41) is 10.6. The predicted octanol–water partition coefficient (Wildman–Crippen LogP) is 5.17. The molecule has 0 aliphatic carbocycles. The normalized spacial score (nSPS) is 13.4. The molecule has 0 bridgehead atoms. The molecule has 0 fully saturated rings. The van der Waals surface area contributed by atoms with Gasteiger partial charge in [-0.05, 0) is 29.8 Å². The minimum Gasteiger partial charge on any atom is -0.293 e. The molecule has 22 heavy (non-hydrogen) atoms. The van der Waals surface area contributed by atoms with E-state index in [0.29, 0.717) is 10.6 Å². The van der Waals surface area contributed by atoms with Crippen LogP contribution in [0.15, 0.2) is 48.5 Å². The van der Waals surface area contributed by atoms with Gasteiger partial charge in [0, 0.05) is 22.7 Å². The van der Waals surface area contributed by atoms with Crippen LogP contribution in [0.5, 0.6) is 0 Å². The van der Waals surface area contributed by atoms with Gasteiger partial charge in [0.25, 0.3) is 5.69 Å². The van der Waals surface area contributed by atoms with Crippen molar-refractivity contribution in [2.75, 3.05) is 0 Å². The van der Waals surface area contributed by atoms with Crippen LogP contribution in [0.25, 0.3) is 0 Å². The van der Waals surface area contributed by atoms with Crippen molar-refractivity contribution in [2.24, 2.45) is 0 Å². The predicted molar refractivity (Wildman–Crippen MR) is 90.2 cm³/mol. The van der Waals surface area contributed by atoms with E-state index in [9.17, 15) is 14.9 Å². The minimum atomic E-state index is -0.656. The van der Waals surface area contributed by atoms with E-state index in [1.54, 1.807) is 24.3 Å². The number of Topliss-reactive ketones (excluding diaryl/α,β-unsaturated/α-hetero) is 1. The lowest BCUT2D eigenvalue weighted by atomic mass is 10.0. The van der Waals surface area contributed by atoms with Gasteiger partial charge in [0.05, 0.1) is 15.1 Å². The molecule has 0 unspecified atom stereocenters. The maximum absolute atomic E-state index is 12.4. The molecule has 0 saturated carbocycles. The van der Waals surface area contributed by atoms with Crippen LogP contribution in [0.3, 0.4) is 0 Å². The third-order valence-corrected chi connectivity index (χ3v) is 5.06. The van der Waals surface area contributed by atoms with Crippen LogP contribution in [0.2, 0.25) is 5.02 Å². The summed E-state index contributed by atoms with van der Waals surface area (Å²) in [4.78, 5) is 21.8. The standard InChI is InChI=1S/C15H10BrCl2NO3/c16-13(14(18)9-1-5-11(17)6-2-9)15(20)10-3-7-12(8-4-10)19(21)22/h1-8,13-14H/t13-,14-/m1/s1. The van der Waals surface area contributed by atoms with Gasteiger partial charge in [0.15, 0.2) is 5.78 Å². The summed E-state index contributed by atoms with van der Waals surface area (Å²) < 4.78 is 0. The molecule has 2 aromatic rings. The van der Waals surface area contributed by atoms with Gasteiger partial charge in [0.1, 0.15) is 0 Å². The van der Waals surface area contributed by atoms with E-state index in [1.807, 2.05) is 0 Å². The molecule has 0 heterocycles. The lowest BCUT2D eigenvalue weighted by Crippen LogP contribution is -2.19. The fourth-order valence-electron chi connectivity index (χ4n) is 1.86. The summed E-state index contributed by atoms with van der Waals surface area (Å²) in [6, 6.07) is 12.3. The van der Waals surface area contributed by atoms with Crippen molar-refractivity contribution in [2.45, 2.75) is 10.2 Å². The van der Waals surface area contributed by atoms with E-state index >= 15 is 0 Å². The summed E-state index contributed by atoms with van der Waals surface area (Å²) in [5.74, 6) is -0.246. The van der Waals surface area contributed by atoms with Crippen molar-refractivity contribution in [1.29, 1.82) is 0 Å². The molecule has 4 nitrogen and oxygen atoms in total. The molecule has 0 spiro atoms. The van der Waals surface area contributed by atoms with E-state index < -0.39 is 15.1 Å². The number of rotatable bonds is 5. The van der Waals surface area contributed by atoms with Gasteiger partial charge >= 0.3 is 0 Å². The number of carbonyl (C=O) groups is 1. The first-order valence-corrected chi connectivity index (χ1v) is 7.95. The summed E-state index contributed by atoms with van der Waals surface area (Å²) in [5.41, 5.74) is 1.04. The van der Waals surface area contributed by atoms with Crippen molar-refractivity contribution in [1.82, 2.24) is 0 Å². The molecule has 7 heteroatoms. The Hall–Kier alpha value is -1.43. The molecule has 2 aromatic carbocycles. The Labute approximate surface area is 145 Å². The Balaban J connectivity index is 2.17. The van der Waals surface area contributed by atoms with E-state index in [4.69, 9.17) is 23.2 Å². The van der Waals surface area contributed by atoms with Crippen molar-refractivity contribution < 1.29 is 9.72 Å². The van der Waals surface area contributed by atoms with Gasteiger partial charge in [-0.15, -0.1) is 11.6 Å². The maximum Gasteiger partial charge on any atom is 0.269 e. The van der Waals surface area contributed by atoms with Crippen LogP contribution in [0.1, 0.15) is 21.3 Å². The average Bonchev–Trinajstić information content (AvgIpc) is 2.53. The molecule has 2 atom stereocenters. The smallest absolute Gasteiger partial charge is 0.269 e. The summed E-state index contributed by atoms with van der Waals surface area (Å²) >= 11 is 15.4. The first kappa shape index (κ1) is 16.9. The molecule has 0 N–H and O–H groups in total. The molecule has 114 valence electrons. The number of ketones is 1. The minimum absolute atomic E-state index is 0.0669. The summed E-state index contributed by atoms with van der Waals surface area (Å²) in [6.45, 7) is 0. The van der Waals surface area contributed by atoms with Crippen molar-refractivity contribution in [3.63, 3.8) is 0 Å². The topological polar surface area (TPSA) is 60.2 Å². The molecule has 2 rings (SSSR count). The van der Waals surface area contributed by atoms with Crippen molar-refractivity contribution >= 4 is 50.6 Å². The highest BCUT2D eigenvalue weighted by atomic mass is 79.9. The largest absolute Gasteiger partial charge is 0.293 e. The van der Waals surface area contributed by atoms with Crippen LogP contribution in [0.4, 0.5) is 5.69 Å². The number of nitro benzene ring substituents is 1. The Bertz CT molecular complexity index is 689. The Morgan fingerprint density at radius 2 is 1.64 bits per heavy atom. The highest BCUT2D eigenvalue weighted by Crippen LogP contribution is 2.32. The highest BCUT2D eigenvalue weighted by molar-refractivity contribution is 9.10. The third-order valence-electron chi connectivity index (χ3n) is 3.06. The molecule has 0 amide bonds. The molecular formula is C15H10BrCl2NO3. The number of alkyl halides is 2. The number of nitrogens with zero attached hydrogens (tertiary/aromatic N) is 1. The molecule has 0 aliphatic rings. The van der Waals surface area contributed by atoms with E-state index in [2.05, 4.69) is 15.9 Å². The zero-order valence-electron chi connectivity index (χ0n) is 11.1. The fraction of sp³-hybridized carbons (Fsp3) is 0.133. The molecular weight excluding hydrogens is 393 g/mol. The monoisotopic (exact) mass is 401 g/mol. The highest BCUT2D eigenvalue weighted by Gasteiger charge is 2.26. The quantitative estimate of drug-likeness (QED) is 0.300. The number of nitro groups is 1. The van der Waals surface area contributed by atoms with Gasteiger partial charge in [-0.2, -0.15) is 0 Å². The molecule has 0 radical (unpaired) electrons.